The predicted molar refractivity (Wildman–Crippen MR) is 61.6 cm³/mol. The molecule has 0 saturated carbocycles. The normalized spacial score (nSPS) is 10.4. The fraction of sp³-hybridized carbons (Fsp3) is 0.500. The highest BCUT2D eigenvalue weighted by Crippen LogP contribution is 2.18. The van der Waals surface area contributed by atoms with E-state index in [4.69, 9.17) is 0 Å². The van der Waals surface area contributed by atoms with Gasteiger partial charge in [-0.25, -0.2) is 0 Å². The quantitative estimate of drug-likeness (QED) is 0.573. The summed E-state index contributed by atoms with van der Waals surface area (Å²) in [6.07, 6.45) is 3.90. The van der Waals surface area contributed by atoms with Crippen LogP contribution < -0.4 is 5.32 Å². The van der Waals surface area contributed by atoms with E-state index in [-0.39, 0.29) is 0 Å². The zero-order chi connectivity index (χ0) is 10.4. The molecule has 0 aliphatic heterocycles. The molecule has 0 radical (unpaired) electrons. The number of rotatable bonds is 6. The molecular formula is C10H17N3S. The van der Waals surface area contributed by atoms with Crippen molar-refractivity contribution in [1.29, 1.82) is 0 Å². The van der Waals surface area contributed by atoms with Gasteiger partial charge in [-0.3, -0.25) is 4.68 Å². The van der Waals surface area contributed by atoms with E-state index in [0.29, 0.717) is 0 Å². The average molecular weight is 211 g/mol. The minimum atomic E-state index is 0.907. The Labute approximate surface area is 89.6 Å². The van der Waals surface area contributed by atoms with Gasteiger partial charge in [0.15, 0.2) is 0 Å². The first-order chi connectivity index (χ1) is 6.72. The van der Waals surface area contributed by atoms with Crippen LogP contribution in [0.5, 0.6) is 0 Å². The van der Waals surface area contributed by atoms with Crippen LogP contribution in [0.3, 0.4) is 0 Å². The van der Waals surface area contributed by atoms with Crippen molar-refractivity contribution < 1.29 is 0 Å². The van der Waals surface area contributed by atoms with Crippen LogP contribution in [0.1, 0.15) is 6.92 Å². The molecular weight excluding hydrogens is 194 g/mol. The van der Waals surface area contributed by atoms with E-state index in [0.717, 1.165) is 18.8 Å². The lowest BCUT2D eigenvalue weighted by Gasteiger charge is -2.04. The Balaban J connectivity index is 2.23. The summed E-state index contributed by atoms with van der Waals surface area (Å²) in [7, 11) is 1.93. The maximum absolute atomic E-state index is 4.11. The van der Waals surface area contributed by atoms with Crippen LogP contribution in [0.4, 0.5) is 0 Å². The first kappa shape index (κ1) is 11.3. The van der Waals surface area contributed by atoms with Gasteiger partial charge < -0.3 is 5.32 Å². The second-order valence-corrected chi connectivity index (χ2v) is 4.22. The maximum Gasteiger partial charge on any atom is 0.0625 e. The smallest absolute Gasteiger partial charge is 0.0625 e. The van der Waals surface area contributed by atoms with E-state index >= 15 is 0 Å². The highest BCUT2D eigenvalue weighted by Gasteiger charge is 1.98. The van der Waals surface area contributed by atoms with Gasteiger partial charge in [0, 0.05) is 30.4 Å². The molecule has 1 N–H and O–H groups in total. The van der Waals surface area contributed by atoms with Gasteiger partial charge in [-0.15, -0.1) is 11.8 Å². The molecule has 0 atom stereocenters. The Bertz CT molecular complexity index is 293. The lowest BCUT2D eigenvalue weighted by atomic mass is 10.3. The summed E-state index contributed by atoms with van der Waals surface area (Å²) in [6, 6.07) is 0. The summed E-state index contributed by atoms with van der Waals surface area (Å²) in [5, 5.41) is 7.36. The first-order valence-corrected chi connectivity index (χ1v) is 5.69. The van der Waals surface area contributed by atoms with Crippen molar-refractivity contribution >= 4 is 11.8 Å². The number of likely N-dealkylation sites (N-methyl/N-ethyl adjacent to an activating group) is 1. The molecule has 14 heavy (non-hydrogen) atoms. The molecule has 4 heteroatoms. The lowest BCUT2D eigenvalue weighted by Crippen LogP contribution is -2.16. The molecule has 0 bridgehead atoms. The van der Waals surface area contributed by atoms with Crippen molar-refractivity contribution in [1.82, 2.24) is 15.1 Å². The van der Waals surface area contributed by atoms with Gasteiger partial charge in [-0.1, -0.05) is 19.1 Å². The summed E-state index contributed by atoms with van der Waals surface area (Å²) >= 11 is 1.78. The summed E-state index contributed by atoms with van der Waals surface area (Å²) in [4.78, 5) is 1.20. The number of aromatic nitrogens is 2. The minimum Gasteiger partial charge on any atom is -0.313 e. The molecule has 3 nitrogen and oxygen atoms in total. The number of hydrogen-bond donors (Lipinski definition) is 1. The van der Waals surface area contributed by atoms with Crippen LogP contribution in [0, 0.1) is 0 Å². The Morgan fingerprint density at radius 3 is 3.07 bits per heavy atom. The molecule has 0 fully saturated rings. The van der Waals surface area contributed by atoms with E-state index in [1.807, 2.05) is 24.1 Å². The second-order valence-electron chi connectivity index (χ2n) is 3.17. The van der Waals surface area contributed by atoms with Crippen LogP contribution in [0.25, 0.3) is 0 Å². The fourth-order valence-electron chi connectivity index (χ4n) is 1.01. The fourth-order valence-corrected chi connectivity index (χ4v) is 1.83. The summed E-state index contributed by atoms with van der Waals surface area (Å²) in [5.74, 6) is 0.957. The molecule has 78 valence electrons. The monoisotopic (exact) mass is 211 g/mol. The summed E-state index contributed by atoms with van der Waals surface area (Å²) < 4.78 is 1.81. The van der Waals surface area contributed by atoms with Crippen LogP contribution in [-0.2, 0) is 7.05 Å². The molecule has 1 heterocycles. The first-order valence-electron chi connectivity index (χ1n) is 4.71. The second kappa shape index (κ2) is 5.88. The highest BCUT2D eigenvalue weighted by molar-refractivity contribution is 7.99. The van der Waals surface area contributed by atoms with Gasteiger partial charge in [-0.2, -0.15) is 5.10 Å². The third kappa shape index (κ3) is 3.98. The van der Waals surface area contributed by atoms with E-state index in [2.05, 4.69) is 23.9 Å². The standard InChI is InChI=1S/C10H17N3S/c1-4-11-5-9(2)8-14-10-6-12-13(3)7-10/h6-7,11H,2,4-5,8H2,1,3H3. The molecule has 0 amide bonds. The van der Waals surface area contributed by atoms with Crippen molar-refractivity contribution in [2.24, 2.45) is 7.05 Å². The van der Waals surface area contributed by atoms with Gasteiger partial charge in [0.2, 0.25) is 0 Å². The number of nitrogens with zero attached hydrogens (tertiary/aromatic N) is 2. The molecule has 0 unspecified atom stereocenters. The summed E-state index contributed by atoms with van der Waals surface area (Å²) in [5.41, 5.74) is 1.22. The van der Waals surface area contributed by atoms with Gasteiger partial charge in [0.25, 0.3) is 0 Å². The average Bonchev–Trinajstić information content (AvgIpc) is 2.58. The zero-order valence-corrected chi connectivity index (χ0v) is 9.60. The third-order valence-electron chi connectivity index (χ3n) is 1.75. The number of hydrogen-bond acceptors (Lipinski definition) is 3. The zero-order valence-electron chi connectivity index (χ0n) is 8.79. The molecule has 0 aliphatic carbocycles. The molecule has 1 aromatic heterocycles. The number of thioether (sulfide) groups is 1. The Morgan fingerprint density at radius 2 is 2.50 bits per heavy atom. The maximum atomic E-state index is 4.11. The Hall–Kier alpha value is -0.740. The Morgan fingerprint density at radius 1 is 1.71 bits per heavy atom. The largest absolute Gasteiger partial charge is 0.313 e. The topological polar surface area (TPSA) is 29.9 Å². The van der Waals surface area contributed by atoms with Crippen molar-refractivity contribution in [3.05, 3.63) is 24.5 Å². The Kier molecular flexibility index (Phi) is 4.76. The predicted octanol–water partition coefficient (Wildman–Crippen LogP) is 1.68. The summed E-state index contributed by atoms with van der Waals surface area (Å²) in [6.45, 7) is 8.01. The van der Waals surface area contributed by atoms with Gasteiger partial charge in [0.05, 0.1) is 6.20 Å². The van der Waals surface area contributed by atoms with E-state index < -0.39 is 0 Å². The molecule has 0 aromatic carbocycles. The molecule has 0 aliphatic rings. The van der Waals surface area contributed by atoms with Gasteiger partial charge in [0.1, 0.15) is 0 Å². The lowest BCUT2D eigenvalue weighted by molar-refractivity contribution is 0.766. The number of aryl methyl sites for hydroxylation is 1. The van der Waals surface area contributed by atoms with Crippen molar-refractivity contribution in [2.45, 2.75) is 11.8 Å². The van der Waals surface area contributed by atoms with E-state index in [9.17, 15) is 0 Å². The van der Waals surface area contributed by atoms with Crippen molar-refractivity contribution in [2.75, 3.05) is 18.8 Å². The molecule has 1 aromatic rings. The SMILES string of the molecule is C=C(CNCC)CSc1cnn(C)c1. The molecule has 1 rings (SSSR count). The van der Waals surface area contributed by atoms with Crippen LogP contribution in [0.2, 0.25) is 0 Å². The van der Waals surface area contributed by atoms with Gasteiger partial charge >= 0.3 is 0 Å². The van der Waals surface area contributed by atoms with Crippen molar-refractivity contribution in [3.63, 3.8) is 0 Å². The third-order valence-corrected chi connectivity index (χ3v) is 2.85. The molecule has 0 saturated heterocycles. The van der Waals surface area contributed by atoms with E-state index in [1.54, 1.807) is 11.8 Å². The van der Waals surface area contributed by atoms with Crippen LogP contribution >= 0.6 is 11.8 Å². The van der Waals surface area contributed by atoms with E-state index in [1.165, 1.54) is 10.5 Å². The minimum absolute atomic E-state index is 0.907. The highest BCUT2D eigenvalue weighted by atomic mass is 32.2. The van der Waals surface area contributed by atoms with Crippen LogP contribution in [0.15, 0.2) is 29.4 Å². The van der Waals surface area contributed by atoms with Crippen LogP contribution in [-0.4, -0.2) is 28.6 Å². The van der Waals surface area contributed by atoms with Gasteiger partial charge in [-0.05, 0) is 6.54 Å². The van der Waals surface area contributed by atoms with Crippen molar-refractivity contribution in [3.8, 4) is 0 Å². The number of nitrogens with one attached hydrogen (secondary N) is 1. The molecule has 0 spiro atoms.